The summed E-state index contributed by atoms with van der Waals surface area (Å²) in [4.78, 5) is 27.5. The number of benzene rings is 3. The Hall–Kier alpha value is -3.46. The van der Waals surface area contributed by atoms with Crippen molar-refractivity contribution in [2.24, 2.45) is 0 Å². The summed E-state index contributed by atoms with van der Waals surface area (Å²) >= 11 is 0. The Labute approximate surface area is 158 Å². The smallest absolute Gasteiger partial charge is 0.259 e. The number of fused-ring (bicyclic) bond motifs is 1. The fourth-order valence-corrected chi connectivity index (χ4v) is 3.30. The minimum atomic E-state index is -0.158. The molecule has 3 heteroatoms. The molecule has 4 rings (SSSR count). The lowest BCUT2D eigenvalue weighted by Crippen LogP contribution is -2.25. The Morgan fingerprint density at radius 1 is 0.889 bits per heavy atom. The number of amides is 1. The molecule has 0 atom stereocenters. The second-order valence-electron chi connectivity index (χ2n) is 6.68. The van der Waals surface area contributed by atoms with Crippen molar-refractivity contribution in [1.29, 1.82) is 0 Å². The van der Waals surface area contributed by atoms with Crippen LogP contribution in [0.25, 0.3) is 5.57 Å². The number of para-hydroxylation sites is 1. The van der Waals surface area contributed by atoms with Crippen molar-refractivity contribution in [3.8, 4) is 0 Å². The van der Waals surface area contributed by atoms with E-state index in [-0.39, 0.29) is 11.7 Å². The van der Waals surface area contributed by atoms with Crippen molar-refractivity contribution >= 4 is 23.0 Å². The maximum atomic E-state index is 13.1. The van der Waals surface area contributed by atoms with Crippen LogP contribution in [0.5, 0.6) is 0 Å². The number of rotatable bonds is 4. The second-order valence-corrected chi connectivity index (χ2v) is 6.68. The first kappa shape index (κ1) is 17.0. The van der Waals surface area contributed by atoms with Crippen LogP contribution in [0.1, 0.15) is 27.0 Å². The van der Waals surface area contributed by atoms with Crippen molar-refractivity contribution in [2.45, 2.75) is 13.5 Å². The molecule has 0 bridgehead atoms. The van der Waals surface area contributed by atoms with Gasteiger partial charge in [-0.1, -0.05) is 78.4 Å². The summed E-state index contributed by atoms with van der Waals surface area (Å²) < 4.78 is 0. The first-order valence-electron chi connectivity index (χ1n) is 8.91. The summed E-state index contributed by atoms with van der Waals surface area (Å²) in [6.45, 7) is 2.46. The standard InChI is InChI=1S/C24H19NO2/c1-17-11-13-19(14-12-17)23(26)15-21-20-9-5-6-10-22(20)25(24(21)27)16-18-7-3-2-4-8-18/h2-15H,16H2,1H3. The van der Waals surface area contributed by atoms with Crippen molar-refractivity contribution in [2.75, 3.05) is 4.90 Å². The number of allylic oxidation sites excluding steroid dienone is 1. The fraction of sp³-hybridized carbons (Fsp3) is 0.0833. The van der Waals surface area contributed by atoms with E-state index in [4.69, 9.17) is 0 Å². The van der Waals surface area contributed by atoms with Gasteiger partial charge >= 0.3 is 0 Å². The van der Waals surface area contributed by atoms with Gasteiger partial charge in [0, 0.05) is 11.1 Å². The SMILES string of the molecule is Cc1ccc(C(=O)C=C2C(=O)N(Cc3ccccc3)c3ccccc32)cc1. The highest BCUT2D eigenvalue weighted by Crippen LogP contribution is 2.37. The molecule has 0 saturated carbocycles. The van der Waals surface area contributed by atoms with Gasteiger partial charge in [0.15, 0.2) is 5.78 Å². The molecule has 3 nitrogen and oxygen atoms in total. The molecule has 1 amide bonds. The van der Waals surface area contributed by atoms with Crippen LogP contribution in [0.4, 0.5) is 5.69 Å². The van der Waals surface area contributed by atoms with E-state index in [0.717, 1.165) is 22.4 Å². The van der Waals surface area contributed by atoms with E-state index in [2.05, 4.69) is 0 Å². The van der Waals surface area contributed by atoms with Crippen molar-refractivity contribution in [3.05, 3.63) is 107 Å². The van der Waals surface area contributed by atoms with E-state index in [1.165, 1.54) is 6.08 Å². The number of hydrogen-bond donors (Lipinski definition) is 0. The molecule has 0 aromatic heterocycles. The number of anilines is 1. The first-order chi connectivity index (χ1) is 13.1. The summed E-state index contributed by atoms with van der Waals surface area (Å²) in [6.07, 6.45) is 1.47. The van der Waals surface area contributed by atoms with Crippen LogP contribution in [0.2, 0.25) is 0 Å². The number of nitrogens with zero attached hydrogens (tertiary/aromatic N) is 1. The number of carbonyl (C=O) groups excluding carboxylic acids is 2. The monoisotopic (exact) mass is 353 g/mol. The molecular formula is C24H19NO2. The minimum Gasteiger partial charge on any atom is -0.303 e. The summed E-state index contributed by atoms with van der Waals surface area (Å²) in [5.74, 6) is -0.296. The average Bonchev–Trinajstić information content (AvgIpc) is 2.95. The van der Waals surface area contributed by atoms with Crippen molar-refractivity contribution in [3.63, 3.8) is 0 Å². The van der Waals surface area contributed by atoms with Crippen LogP contribution >= 0.6 is 0 Å². The maximum absolute atomic E-state index is 13.1. The molecule has 0 N–H and O–H groups in total. The Kier molecular flexibility index (Phi) is 4.43. The molecule has 0 spiro atoms. The van der Waals surface area contributed by atoms with Gasteiger partial charge in [0.1, 0.15) is 0 Å². The van der Waals surface area contributed by atoms with Gasteiger partial charge in [-0.25, -0.2) is 0 Å². The third kappa shape index (κ3) is 3.32. The average molecular weight is 353 g/mol. The first-order valence-corrected chi connectivity index (χ1v) is 8.91. The Morgan fingerprint density at radius 3 is 2.30 bits per heavy atom. The molecule has 0 unspecified atom stereocenters. The van der Waals surface area contributed by atoms with Gasteiger partial charge in [0.25, 0.3) is 5.91 Å². The van der Waals surface area contributed by atoms with Crippen LogP contribution in [0.3, 0.4) is 0 Å². The van der Waals surface area contributed by atoms with Crippen LogP contribution in [0.15, 0.2) is 84.9 Å². The molecule has 0 aliphatic carbocycles. The predicted molar refractivity (Wildman–Crippen MR) is 108 cm³/mol. The number of hydrogen-bond acceptors (Lipinski definition) is 2. The Bertz CT molecular complexity index is 1030. The summed E-state index contributed by atoms with van der Waals surface area (Å²) in [7, 11) is 0. The van der Waals surface area contributed by atoms with Gasteiger partial charge in [-0.05, 0) is 24.6 Å². The highest BCUT2D eigenvalue weighted by Gasteiger charge is 2.32. The second kappa shape index (κ2) is 7.04. The van der Waals surface area contributed by atoms with Gasteiger partial charge < -0.3 is 4.90 Å². The molecule has 0 fully saturated rings. The van der Waals surface area contributed by atoms with Gasteiger partial charge in [0.05, 0.1) is 17.8 Å². The summed E-state index contributed by atoms with van der Waals surface area (Å²) in [5, 5.41) is 0. The van der Waals surface area contributed by atoms with Gasteiger partial charge in [-0.15, -0.1) is 0 Å². The third-order valence-corrected chi connectivity index (χ3v) is 4.76. The Morgan fingerprint density at radius 2 is 1.56 bits per heavy atom. The van der Waals surface area contributed by atoms with Gasteiger partial charge in [-0.2, -0.15) is 0 Å². The van der Waals surface area contributed by atoms with Crippen LogP contribution in [-0.4, -0.2) is 11.7 Å². The number of ketones is 1. The fourth-order valence-electron chi connectivity index (χ4n) is 3.30. The Balaban J connectivity index is 1.70. The van der Waals surface area contributed by atoms with E-state index >= 15 is 0 Å². The lowest BCUT2D eigenvalue weighted by Gasteiger charge is -2.17. The topological polar surface area (TPSA) is 37.4 Å². The quantitative estimate of drug-likeness (QED) is 0.499. The molecule has 27 heavy (non-hydrogen) atoms. The van der Waals surface area contributed by atoms with E-state index < -0.39 is 0 Å². The van der Waals surface area contributed by atoms with Crippen molar-refractivity contribution in [1.82, 2.24) is 0 Å². The van der Waals surface area contributed by atoms with E-state index in [9.17, 15) is 9.59 Å². The number of aryl methyl sites for hydroxylation is 1. The lowest BCUT2D eigenvalue weighted by atomic mass is 10.0. The molecular weight excluding hydrogens is 334 g/mol. The zero-order valence-corrected chi connectivity index (χ0v) is 15.1. The van der Waals surface area contributed by atoms with Crippen molar-refractivity contribution < 1.29 is 9.59 Å². The summed E-state index contributed by atoms with van der Waals surface area (Å²) in [6, 6.07) is 24.9. The molecule has 3 aromatic rings. The molecule has 1 heterocycles. The van der Waals surface area contributed by atoms with Gasteiger partial charge in [-0.3, -0.25) is 9.59 Å². The molecule has 1 aliphatic rings. The van der Waals surface area contributed by atoms with Crippen LogP contribution in [-0.2, 0) is 11.3 Å². The molecule has 3 aromatic carbocycles. The predicted octanol–water partition coefficient (Wildman–Crippen LogP) is 4.81. The van der Waals surface area contributed by atoms with E-state index in [1.807, 2.05) is 73.7 Å². The number of carbonyl (C=O) groups is 2. The third-order valence-electron chi connectivity index (χ3n) is 4.76. The zero-order chi connectivity index (χ0) is 18.8. The van der Waals surface area contributed by atoms with E-state index in [0.29, 0.717) is 17.7 Å². The molecule has 0 saturated heterocycles. The zero-order valence-electron chi connectivity index (χ0n) is 15.1. The molecule has 132 valence electrons. The van der Waals surface area contributed by atoms with Crippen LogP contribution < -0.4 is 4.90 Å². The summed E-state index contributed by atoms with van der Waals surface area (Å²) in [5.41, 5.74) is 4.82. The highest BCUT2D eigenvalue weighted by molar-refractivity contribution is 6.35. The normalized spacial score (nSPS) is 14.5. The highest BCUT2D eigenvalue weighted by atomic mass is 16.2. The largest absolute Gasteiger partial charge is 0.303 e. The maximum Gasteiger partial charge on any atom is 0.259 e. The lowest BCUT2D eigenvalue weighted by molar-refractivity contribution is -0.113. The van der Waals surface area contributed by atoms with E-state index in [1.54, 1.807) is 17.0 Å². The minimum absolute atomic E-state index is 0.138. The van der Waals surface area contributed by atoms with Gasteiger partial charge in [0.2, 0.25) is 0 Å². The van der Waals surface area contributed by atoms with Crippen LogP contribution in [0, 0.1) is 6.92 Å². The molecule has 1 aliphatic heterocycles. The molecule has 0 radical (unpaired) electrons.